The quantitative estimate of drug-likeness (QED) is 0.498. The predicted octanol–water partition coefficient (Wildman–Crippen LogP) is 2.86. The highest BCUT2D eigenvalue weighted by atomic mass is 79.9. The number of nitrogens with one attached hydrogen (secondary N) is 1. The summed E-state index contributed by atoms with van der Waals surface area (Å²) in [4.78, 5) is 23.3. The summed E-state index contributed by atoms with van der Waals surface area (Å²) in [5.41, 5.74) is -0.993. The standard InChI is InChI=1S/C13H10BrF2NO4/c1-13(2)20-11(18)7(12(19)21-13)5-17-10-8(15)3-6(14)4-9(10)16/h3-5,17H,1-2H3. The van der Waals surface area contributed by atoms with E-state index in [0.717, 1.165) is 18.3 Å². The van der Waals surface area contributed by atoms with E-state index >= 15 is 0 Å². The van der Waals surface area contributed by atoms with E-state index in [1.807, 2.05) is 0 Å². The van der Waals surface area contributed by atoms with E-state index in [1.165, 1.54) is 13.8 Å². The van der Waals surface area contributed by atoms with Gasteiger partial charge in [-0.2, -0.15) is 0 Å². The molecular weight excluding hydrogens is 352 g/mol. The van der Waals surface area contributed by atoms with Gasteiger partial charge >= 0.3 is 11.9 Å². The summed E-state index contributed by atoms with van der Waals surface area (Å²) >= 11 is 2.93. The number of ether oxygens (including phenoxy) is 2. The first-order chi connectivity index (χ1) is 9.69. The van der Waals surface area contributed by atoms with Crippen molar-refractivity contribution < 1.29 is 27.8 Å². The molecule has 1 heterocycles. The molecule has 0 aromatic heterocycles. The van der Waals surface area contributed by atoms with Crippen molar-refractivity contribution in [1.82, 2.24) is 0 Å². The second kappa shape index (κ2) is 5.44. The van der Waals surface area contributed by atoms with Gasteiger partial charge in [-0.3, -0.25) is 0 Å². The minimum atomic E-state index is -1.38. The van der Waals surface area contributed by atoms with Crippen LogP contribution in [0.15, 0.2) is 28.4 Å². The Balaban J connectivity index is 2.26. The predicted molar refractivity (Wildman–Crippen MR) is 72.0 cm³/mol. The van der Waals surface area contributed by atoms with E-state index in [-0.39, 0.29) is 4.47 Å². The molecule has 0 spiro atoms. The minimum Gasteiger partial charge on any atom is -0.419 e. The highest BCUT2D eigenvalue weighted by Gasteiger charge is 2.39. The molecule has 0 aliphatic carbocycles. The molecule has 1 N–H and O–H groups in total. The molecule has 0 amide bonds. The Hall–Kier alpha value is -1.96. The molecule has 0 bridgehead atoms. The SMILES string of the molecule is CC1(C)OC(=O)C(=CNc2c(F)cc(Br)cc2F)C(=O)O1. The first-order valence-electron chi connectivity index (χ1n) is 5.77. The van der Waals surface area contributed by atoms with Gasteiger partial charge in [0.2, 0.25) is 0 Å². The number of benzene rings is 1. The molecule has 1 aliphatic rings. The van der Waals surface area contributed by atoms with E-state index in [0.29, 0.717) is 0 Å². The average molecular weight is 362 g/mol. The molecule has 1 aliphatic heterocycles. The number of esters is 2. The van der Waals surface area contributed by atoms with Crippen molar-refractivity contribution in [2.45, 2.75) is 19.6 Å². The molecule has 5 nitrogen and oxygen atoms in total. The maximum atomic E-state index is 13.6. The van der Waals surface area contributed by atoms with E-state index < -0.39 is 40.6 Å². The fraction of sp³-hybridized carbons (Fsp3) is 0.231. The van der Waals surface area contributed by atoms with Gasteiger partial charge in [-0.1, -0.05) is 15.9 Å². The van der Waals surface area contributed by atoms with Crippen LogP contribution in [0.1, 0.15) is 13.8 Å². The fourth-order valence-corrected chi connectivity index (χ4v) is 2.00. The van der Waals surface area contributed by atoms with Crippen LogP contribution in [0.5, 0.6) is 0 Å². The Morgan fingerprint density at radius 1 is 1.14 bits per heavy atom. The normalized spacial score (nSPS) is 17.1. The van der Waals surface area contributed by atoms with Gasteiger partial charge in [-0.25, -0.2) is 18.4 Å². The van der Waals surface area contributed by atoms with Crippen LogP contribution in [0.2, 0.25) is 0 Å². The number of hydrogen-bond acceptors (Lipinski definition) is 5. The molecule has 1 fully saturated rings. The van der Waals surface area contributed by atoms with E-state index in [4.69, 9.17) is 9.47 Å². The zero-order valence-corrected chi connectivity index (χ0v) is 12.6. The van der Waals surface area contributed by atoms with Crippen molar-refractivity contribution in [2.24, 2.45) is 0 Å². The first kappa shape index (κ1) is 15.4. The number of cyclic esters (lactones) is 2. The lowest BCUT2D eigenvalue weighted by Crippen LogP contribution is -2.42. The van der Waals surface area contributed by atoms with Crippen LogP contribution in [0, 0.1) is 11.6 Å². The topological polar surface area (TPSA) is 64.6 Å². The highest BCUT2D eigenvalue weighted by Crippen LogP contribution is 2.26. The largest absolute Gasteiger partial charge is 0.419 e. The maximum Gasteiger partial charge on any atom is 0.350 e. The lowest BCUT2D eigenvalue weighted by Gasteiger charge is -2.29. The van der Waals surface area contributed by atoms with Crippen LogP contribution in [-0.2, 0) is 19.1 Å². The smallest absolute Gasteiger partial charge is 0.350 e. The van der Waals surface area contributed by atoms with Crippen LogP contribution < -0.4 is 5.32 Å². The number of hydrogen-bond donors (Lipinski definition) is 1. The van der Waals surface area contributed by atoms with Crippen molar-refractivity contribution >= 4 is 33.6 Å². The van der Waals surface area contributed by atoms with Gasteiger partial charge in [0.15, 0.2) is 17.2 Å². The van der Waals surface area contributed by atoms with Crippen molar-refractivity contribution in [3.63, 3.8) is 0 Å². The zero-order valence-electron chi connectivity index (χ0n) is 11.0. The third kappa shape index (κ3) is 3.38. The third-order valence-electron chi connectivity index (χ3n) is 2.48. The monoisotopic (exact) mass is 361 g/mol. The van der Waals surface area contributed by atoms with Crippen molar-refractivity contribution in [1.29, 1.82) is 0 Å². The van der Waals surface area contributed by atoms with Gasteiger partial charge in [0.25, 0.3) is 5.79 Å². The fourth-order valence-electron chi connectivity index (χ4n) is 1.60. The van der Waals surface area contributed by atoms with Crippen LogP contribution in [0.25, 0.3) is 0 Å². The van der Waals surface area contributed by atoms with Crippen LogP contribution >= 0.6 is 15.9 Å². The summed E-state index contributed by atoms with van der Waals surface area (Å²) < 4.78 is 37.1. The number of rotatable bonds is 2. The summed E-state index contributed by atoms with van der Waals surface area (Å²) in [7, 11) is 0. The Morgan fingerprint density at radius 3 is 2.10 bits per heavy atom. The van der Waals surface area contributed by atoms with Crippen LogP contribution in [0.4, 0.5) is 14.5 Å². The molecule has 0 atom stereocenters. The molecule has 1 aromatic carbocycles. The average Bonchev–Trinajstić information content (AvgIpc) is 2.29. The van der Waals surface area contributed by atoms with E-state index in [1.54, 1.807) is 0 Å². The van der Waals surface area contributed by atoms with Gasteiger partial charge in [0, 0.05) is 24.5 Å². The lowest BCUT2D eigenvalue weighted by molar-refractivity contribution is -0.222. The number of halogens is 3. The van der Waals surface area contributed by atoms with E-state index in [2.05, 4.69) is 21.2 Å². The number of carbonyl (C=O) groups excluding carboxylic acids is 2. The van der Waals surface area contributed by atoms with E-state index in [9.17, 15) is 18.4 Å². The Labute approximate surface area is 127 Å². The third-order valence-corrected chi connectivity index (χ3v) is 2.94. The van der Waals surface area contributed by atoms with Crippen LogP contribution in [0.3, 0.4) is 0 Å². The molecule has 0 unspecified atom stereocenters. The summed E-state index contributed by atoms with van der Waals surface area (Å²) in [5, 5.41) is 2.23. The summed E-state index contributed by atoms with van der Waals surface area (Å²) in [5.74, 6) is -5.05. The second-order valence-corrected chi connectivity index (χ2v) is 5.54. The molecule has 0 saturated carbocycles. The van der Waals surface area contributed by atoms with Gasteiger partial charge in [0.05, 0.1) is 0 Å². The Kier molecular flexibility index (Phi) is 3.99. The minimum absolute atomic E-state index is 0.217. The number of anilines is 1. The van der Waals surface area contributed by atoms with Crippen LogP contribution in [-0.4, -0.2) is 17.7 Å². The van der Waals surface area contributed by atoms with Crippen molar-refractivity contribution in [3.05, 3.63) is 40.0 Å². The Bertz CT molecular complexity index is 613. The van der Waals surface area contributed by atoms with Gasteiger partial charge in [-0.05, 0) is 12.1 Å². The van der Waals surface area contributed by atoms with Gasteiger partial charge in [-0.15, -0.1) is 0 Å². The summed E-state index contributed by atoms with van der Waals surface area (Å²) in [6.07, 6.45) is 0.843. The molecule has 112 valence electrons. The van der Waals surface area contributed by atoms with Gasteiger partial charge < -0.3 is 14.8 Å². The molecule has 1 aromatic rings. The highest BCUT2D eigenvalue weighted by molar-refractivity contribution is 9.10. The molecule has 2 rings (SSSR count). The number of carbonyl (C=O) groups is 2. The first-order valence-corrected chi connectivity index (χ1v) is 6.57. The molecular formula is C13H10BrF2NO4. The van der Waals surface area contributed by atoms with Crippen molar-refractivity contribution in [2.75, 3.05) is 5.32 Å². The molecule has 1 saturated heterocycles. The summed E-state index contributed by atoms with van der Waals surface area (Å²) in [6.45, 7) is 2.78. The summed E-state index contributed by atoms with van der Waals surface area (Å²) in [6, 6.07) is 2.06. The van der Waals surface area contributed by atoms with Gasteiger partial charge in [0.1, 0.15) is 5.69 Å². The maximum absolute atomic E-state index is 13.6. The molecule has 0 radical (unpaired) electrons. The zero-order chi connectivity index (χ0) is 15.8. The lowest BCUT2D eigenvalue weighted by atomic mass is 10.2. The molecule has 8 heteroatoms. The molecule has 21 heavy (non-hydrogen) atoms. The second-order valence-electron chi connectivity index (χ2n) is 4.63. The van der Waals surface area contributed by atoms with Crippen molar-refractivity contribution in [3.8, 4) is 0 Å². The Morgan fingerprint density at radius 2 is 1.62 bits per heavy atom.